The van der Waals surface area contributed by atoms with E-state index in [4.69, 9.17) is 10.9 Å². The van der Waals surface area contributed by atoms with E-state index in [1.54, 1.807) is 12.1 Å². The molecule has 0 fully saturated rings. The lowest BCUT2D eigenvalue weighted by Crippen LogP contribution is -2.16. The van der Waals surface area contributed by atoms with Gasteiger partial charge in [-0.05, 0) is 24.3 Å². The Bertz CT molecular complexity index is 717. The number of hydrogen-bond acceptors (Lipinski definition) is 3. The Kier molecular flexibility index (Phi) is 4.13. The van der Waals surface area contributed by atoms with Crippen LogP contribution >= 0.6 is 0 Å². The zero-order valence-electron chi connectivity index (χ0n) is 10.7. The number of carbonyl (C=O) groups excluding carboxylic acids is 1. The molecule has 0 atom stereocenters. The van der Waals surface area contributed by atoms with Crippen molar-refractivity contribution in [1.82, 2.24) is 0 Å². The second-order valence-electron chi connectivity index (χ2n) is 4.15. The van der Waals surface area contributed by atoms with Gasteiger partial charge in [0.05, 0.1) is 0 Å². The summed E-state index contributed by atoms with van der Waals surface area (Å²) in [6.07, 6.45) is 0. The molecule has 0 aromatic heterocycles. The van der Waals surface area contributed by atoms with E-state index in [9.17, 15) is 13.6 Å². The number of carbonyl (C=O) groups is 1. The molecule has 0 bridgehead atoms. The third-order valence-corrected chi connectivity index (χ3v) is 2.71. The first kappa shape index (κ1) is 14.4. The Balaban J connectivity index is 2.22. The minimum atomic E-state index is -1.06. The molecule has 0 heterocycles. The van der Waals surface area contributed by atoms with Crippen molar-refractivity contribution in [2.24, 2.45) is 10.9 Å². The maximum atomic E-state index is 13.1. The van der Waals surface area contributed by atoms with E-state index in [0.717, 1.165) is 12.1 Å². The summed E-state index contributed by atoms with van der Waals surface area (Å²) in [4.78, 5) is 12.0. The SMILES string of the molecule is N/C(=N\O)c1cccc(C(=O)Nc2ccc(F)c(F)c2)c1. The van der Waals surface area contributed by atoms with Crippen LogP contribution in [0.4, 0.5) is 14.5 Å². The van der Waals surface area contributed by atoms with Crippen LogP contribution < -0.4 is 11.1 Å². The number of nitrogens with zero attached hydrogens (tertiary/aromatic N) is 1. The summed E-state index contributed by atoms with van der Waals surface area (Å²) in [5.74, 6) is -2.73. The Labute approximate surface area is 118 Å². The van der Waals surface area contributed by atoms with Gasteiger partial charge in [0.1, 0.15) is 0 Å². The summed E-state index contributed by atoms with van der Waals surface area (Å²) in [6, 6.07) is 9.05. The van der Waals surface area contributed by atoms with E-state index in [2.05, 4.69) is 10.5 Å². The van der Waals surface area contributed by atoms with Gasteiger partial charge in [0.25, 0.3) is 5.91 Å². The van der Waals surface area contributed by atoms with Crippen LogP contribution in [0.15, 0.2) is 47.6 Å². The molecule has 0 unspecified atom stereocenters. The standard InChI is InChI=1S/C14H11F2N3O2/c15-11-5-4-10(7-12(11)16)18-14(20)9-3-1-2-8(6-9)13(17)19-21/h1-7,21H,(H2,17,19)(H,18,20). The van der Waals surface area contributed by atoms with Gasteiger partial charge in [0.15, 0.2) is 17.5 Å². The minimum absolute atomic E-state index is 0.119. The molecule has 2 aromatic rings. The predicted octanol–water partition coefficient (Wildman–Crippen LogP) is 2.31. The van der Waals surface area contributed by atoms with Crippen molar-refractivity contribution in [3.8, 4) is 0 Å². The van der Waals surface area contributed by atoms with Gasteiger partial charge >= 0.3 is 0 Å². The third kappa shape index (κ3) is 3.33. The van der Waals surface area contributed by atoms with Crippen molar-refractivity contribution in [1.29, 1.82) is 0 Å². The number of benzene rings is 2. The van der Waals surface area contributed by atoms with Crippen LogP contribution in [0.3, 0.4) is 0 Å². The summed E-state index contributed by atoms with van der Waals surface area (Å²) in [5, 5.41) is 13.9. The summed E-state index contributed by atoms with van der Waals surface area (Å²) in [5.41, 5.74) is 6.13. The van der Waals surface area contributed by atoms with Crippen molar-refractivity contribution in [3.05, 3.63) is 65.2 Å². The predicted molar refractivity (Wildman–Crippen MR) is 73.3 cm³/mol. The normalized spacial score (nSPS) is 11.2. The average Bonchev–Trinajstić information content (AvgIpc) is 2.50. The molecule has 7 heteroatoms. The Morgan fingerprint density at radius 3 is 2.48 bits per heavy atom. The number of amidine groups is 1. The highest BCUT2D eigenvalue weighted by Gasteiger charge is 2.10. The van der Waals surface area contributed by atoms with Crippen LogP contribution in [-0.4, -0.2) is 17.0 Å². The van der Waals surface area contributed by atoms with E-state index in [-0.39, 0.29) is 17.1 Å². The van der Waals surface area contributed by atoms with Gasteiger partial charge in [-0.15, -0.1) is 0 Å². The molecule has 0 aliphatic heterocycles. The van der Waals surface area contributed by atoms with Crippen LogP contribution in [0, 0.1) is 11.6 Å². The molecule has 0 aliphatic carbocycles. The average molecular weight is 291 g/mol. The summed E-state index contributed by atoms with van der Waals surface area (Å²) in [7, 11) is 0. The third-order valence-electron chi connectivity index (χ3n) is 2.71. The van der Waals surface area contributed by atoms with E-state index in [1.165, 1.54) is 18.2 Å². The first-order chi connectivity index (χ1) is 10.0. The molecule has 0 aliphatic rings. The number of rotatable bonds is 3. The maximum absolute atomic E-state index is 13.1. The van der Waals surface area contributed by atoms with Crippen LogP contribution in [0.1, 0.15) is 15.9 Å². The molecule has 0 spiro atoms. The Hall–Kier alpha value is -2.96. The highest BCUT2D eigenvalue weighted by atomic mass is 19.2. The number of anilines is 1. The molecule has 5 nitrogen and oxygen atoms in total. The monoisotopic (exact) mass is 291 g/mol. The molecular formula is C14H11F2N3O2. The fourth-order valence-corrected chi connectivity index (χ4v) is 1.65. The summed E-state index contributed by atoms with van der Waals surface area (Å²) >= 11 is 0. The lowest BCUT2D eigenvalue weighted by atomic mass is 10.1. The van der Waals surface area contributed by atoms with Crippen LogP contribution in [0.25, 0.3) is 0 Å². The summed E-state index contributed by atoms with van der Waals surface area (Å²) < 4.78 is 25.9. The molecule has 108 valence electrons. The number of nitrogens with one attached hydrogen (secondary N) is 1. The van der Waals surface area contributed by atoms with E-state index >= 15 is 0 Å². The molecule has 0 saturated carbocycles. The number of oxime groups is 1. The lowest BCUT2D eigenvalue weighted by molar-refractivity contribution is 0.102. The molecule has 2 rings (SSSR count). The molecule has 0 saturated heterocycles. The lowest BCUT2D eigenvalue weighted by Gasteiger charge is -2.07. The van der Waals surface area contributed by atoms with Crippen LogP contribution in [0.5, 0.6) is 0 Å². The largest absolute Gasteiger partial charge is 0.409 e. The zero-order valence-corrected chi connectivity index (χ0v) is 10.7. The van der Waals surface area contributed by atoms with Gasteiger partial charge in [-0.2, -0.15) is 0 Å². The fourth-order valence-electron chi connectivity index (χ4n) is 1.65. The second kappa shape index (κ2) is 6.00. The van der Waals surface area contributed by atoms with Crippen LogP contribution in [0.2, 0.25) is 0 Å². The van der Waals surface area contributed by atoms with Gasteiger partial charge in [-0.25, -0.2) is 8.78 Å². The number of amides is 1. The highest BCUT2D eigenvalue weighted by Crippen LogP contribution is 2.15. The Morgan fingerprint density at radius 2 is 1.81 bits per heavy atom. The minimum Gasteiger partial charge on any atom is -0.409 e. The van der Waals surface area contributed by atoms with E-state index < -0.39 is 17.5 Å². The first-order valence-electron chi connectivity index (χ1n) is 5.85. The first-order valence-corrected chi connectivity index (χ1v) is 5.85. The topological polar surface area (TPSA) is 87.7 Å². The molecule has 0 radical (unpaired) electrons. The maximum Gasteiger partial charge on any atom is 0.255 e. The Morgan fingerprint density at radius 1 is 1.10 bits per heavy atom. The molecular weight excluding hydrogens is 280 g/mol. The second-order valence-corrected chi connectivity index (χ2v) is 4.15. The van der Waals surface area contributed by atoms with Crippen molar-refractivity contribution in [2.45, 2.75) is 0 Å². The molecule has 4 N–H and O–H groups in total. The van der Waals surface area contributed by atoms with Crippen molar-refractivity contribution in [3.63, 3.8) is 0 Å². The van der Waals surface area contributed by atoms with Gasteiger partial charge < -0.3 is 16.3 Å². The van der Waals surface area contributed by atoms with E-state index in [1.807, 2.05) is 0 Å². The number of hydrogen-bond donors (Lipinski definition) is 3. The van der Waals surface area contributed by atoms with Gasteiger partial charge in [-0.3, -0.25) is 4.79 Å². The van der Waals surface area contributed by atoms with Crippen molar-refractivity contribution in [2.75, 3.05) is 5.32 Å². The van der Waals surface area contributed by atoms with Crippen LogP contribution in [-0.2, 0) is 0 Å². The van der Waals surface area contributed by atoms with Gasteiger partial charge in [-0.1, -0.05) is 17.3 Å². The highest BCUT2D eigenvalue weighted by molar-refractivity contribution is 6.06. The smallest absolute Gasteiger partial charge is 0.255 e. The summed E-state index contributed by atoms with van der Waals surface area (Å²) in [6.45, 7) is 0. The quantitative estimate of drug-likeness (QED) is 0.351. The van der Waals surface area contributed by atoms with E-state index in [0.29, 0.717) is 5.56 Å². The molecule has 21 heavy (non-hydrogen) atoms. The molecule has 2 aromatic carbocycles. The fraction of sp³-hybridized carbons (Fsp3) is 0. The molecule has 1 amide bonds. The van der Waals surface area contributed by atoms with Crippen molar-refractivity contribution >= 4 is 17.4 Å². The van der Waals surface area contributed by atoms with Gasteiger partial charge in [0, 0.05) is 22.9 Å². The number of halogens is 2. The zero-order chi connectivity index (χ0) is 15.4. The van der Waals surface area contributed by atoms with Crippen molar-refractivity contribution < 1.29 is 18.8 Å². The number of nitrogens with two attached hydrogens (primary N) is 1. The van der Waals surface area contributed by atoms with Gasteiger partial charge in [0.2, 0.25) is 0 Å².